The molecule has 240 valence electrons. The Bertz CT molecular complexity index is 1340. The Kier molecular flexibility index (Phi) is 12.0. The molecule has 2 aromatic heterocycles. The number of hydrogen-bond acceptors (Lipinski definition) is 7. The van der Waals surface area contributed by atoms with E-state index in [9.17, 15) is 4.79 Å². The van der Waals surface area contributed by atoms with Crippen LogP contribution in [0.5, 0.6) is 0 Å². The molecule has 3 rings (SSSR count). The Labute approximate surface area is 259 Å². The SMILES string of the molecule is CCCCc1nc2c(N)nc3cc(CCCCCN(C)CC(C)(C)COCC(C)(C)CC(=O)OC(C)(C)C)ccc3c2[nH]1. The van der Waals surface area contributed by atoms with Gasteiger partial charge in [0.2, 0.25) is 0 Å². The van der Waals surface area contributed by atoms with Gasteiger partial charge in [0, 0.05) is 23.8 Å². The quantitative estimate of drug-likeness (QED) is 0.123. The molecule has 0 atom stereocenters. The van der Waals surface area contributed by atoms with E-state index in [1.807, 2.05) is 20.8 Å². The minimum atomic E-state index is -0.462. The van der Waals surface area contributed by atoms with E-state index in [4.69, 9.17) is 20.2 Å². The summed E-state index contributed by atoms with van der Waals surface area (Å²) in [6.07, 6.45) is 8.02. The van der Waals surface area contributed by atoms with Crippen LogP contribution in [0.1, 0.15) is 105 Å². The lowest BCUT2D eigenvalue weighted by Crippen LogP contribution is -2.36. The zero-order valence-electron chi connectivity index (χ0n) is 28.4. The summed E-state index contributed by atoms with van der Waals surface area (Å²) in [6.45, 7) is 19.7. The van der Waals surface area contributed by atoms with Gasteiger partial charge in [0.1, 0.15) is 16.9 Å². The Morgan fingerprint density at radius 3 is 2.37 bits per heavy atom. The first-order valence-corrected chi connectivity index (χ1v) is 16.1. The summed E-state index contributed by atoms with van der Waals surface area (Å²) < 4.78 is 11.6. The number of carbonyl (C=O) groups excluding carboxylic acids is 1. The van der Waals surface area contributed by atoms with E-state index >= 15 is 0 Å². The van der Waals surface area contributed by atoms with Crippen LogP contribution in [0.3, 0.4) is 0 Å². The van der Waals surface area contributed by atoms with Gasteiger partial charge in [-0.2, -0.15) is 0 Å². The Balaban J connectivity index is 1.39. The first-order chi connectivity index (χ1) is 20.1. The van der Waals surface area contributed by atoms with Gasteiger partial charge in [-0.1, -0.05) is 59.6 Å². The molecule has 0 unspecified atom stereocenters. The molecule has 0 aliphatic heterocycles. The highest BCUT2D eigenvalue weighted by molar-refractivity contribution is 6.06. The average Bonchev–Trinajstić information content (AvgIpc) is 3.30. The molecule has 0 aliphatic rings. The lowest BCUT2D eigenvalue weighted by Gasteiger charge is -2.32. The number of H-pyrrole nitrogens is 1. The van der Waals surface area contributed by atoms with Crippen molar-refractivity contribution in [2.24, 2.45) is 10.8 Å². The number of hydrogen-bond donors (Lipinski definition) is 2. The highest BCUT2D eigenvalue weighted by Gasteiger charge is 2.28. The van der Waals surface area contributed by atoms with Crippen LogP contribution in [0.2, 0.25) is 0 Å². The maximum Gasteiger partial charge on any atom is 0.306 e. The van der Waals surface area contributed by atoms with Crippen molar-refractivity contribution in [3.05, 3.63) is 29.6 Å². The number of nitrogens with zero attached hydrogens (tertiary/aromatic N) is 3. The molecule has 8 nitrogen and oxygen atoms in total. The molecule has 0 radical (unpaired) electrons. The van der Waals surface area contributed by atoms with Crippen molar-refractivity contribution >= 4 is 33.7 Å². The number of aromatic nitrogens is 3. The second kappa shape index (κ2) is 14.8. The lowest BCUT2D eigenvalue weighted by molar-refractivity contribution is -0.158. The van der Waals surface area contributed by atoms with E-state index < -0.39 is 5.60 Å². The number of ether oxygens (including phenoxy) is 2. The minimum Gasteiger partial charge on any atom is -0.460 e. The summed E-state index contributed by atoms with van der Waals surface area (Å²) in [4.78, 5) is 27.5. The van der Waals surface area contributed by atoms with Crippen molar-refractivity contribution in [1.82, 2.24) is 19.9 Å². The first-order valence-electron chi connectivity index (χ1n) is 16.1. The van der Waals surface area contributed by atoms with Gasteiger partial charge in [0.05, 0.1) is 30.7 Å². The molecule has 1 aromatic carbocycles. The number of anilines is 1. The number of fused-ring (bicyclic) bond motifs is 3. The molecule has 0 spiro atoms. The second-order valence-corrected chi connectivity index (χ2v) is 15.0. The van der Waals surface area contributed by atoms with Crippen LogP contribution in [-0.2, 0) is 27.1 Å². The first kappa shape index (κ1) is 34.8. The van der Waals surface area contributed by atoms with Gasteiger partial charge < -0.3 is 25.1 Å². The van der Waals surface area contributed by atoms with E-state index in [-0.39, 0.29) is 16.8 Å². The molecule has 0 saturated heterocycles. The number of unbranched alkanes of at least 4 members (excludes halogenated alkanes) is 3. The Morgan fingerprint density at radius 2 is 1.67 bits per heavy atom. The number of rotatable bonds is 17. The molecule has 8 heteroatoms. The smallest absolute Gasteiger partial charge is 0.306 e. The summed E-state index contributed by atoms with van der Waals surface area (Å²) in [5, 5.41) is 1.09. The number of nitrogen functional groups attached to an aromatic ring is 1. The van der Waals surface area contributed by atoms with Crippen molar-refractivity contribution in [2.75, 3.05) is 39.1 Å². The van der Waals surface area contributed by atoms with Crippen molar-refractivity contribution in [3.8, 4) is 0 Å². The molecule has 43 heavy (non-hydrogen) atoms. The average molecular weight is 596 g/mol. The largest absolute Gasteiger partial charge is 0.460 e. The number of nitrogens with one attached hydrogen (secondary N) is 1. The Hall–Kier alpha value is -2.71. The number of nitrogens with two attached hydrogens (primary N) is 1. The third kappa shape index (κ3) is 11.4. The molecular formula is C35H57N5O3. The fourth-order valence-electron chi connectivity index (χ4n) is 5.65. The molecule has 0 fully saturated rings. The summed E-state index contributed by atoms with van der Waals surface area (Å²) in [5.74, 6) is 1.32. The molecule has 0 bridgehead atoms. The fourth-order valence-corrected chi connectivity index (χ4v) is 5.65. The molecule has 0 aliphatic carbocycles. The second-order valence-electron chi connectivity index (χ2n) is 15.0. The number of benzene rings is 1. The summed E-state index contributed by atoms with van der Waals surface area (Å²) >= 11 is 0. The summed E-state index contributed by atoms with van der Waals surface area (Å²) in [6, 6.07) is 6.56. The van der Waals surface area contributed by atoms with Crippen LogP contribution < -0.4 is 5.73 Å². The van der Waals surface area contributed by atoms with Gasteiger partial charge in [0.25, 0.3) is 0 Å². The van der Waals surface area contributed by atoms with Crippen molar-refractivity contribution in [1.29, 1.82) is 0 Å². The third-order valence-electron chi connectivity index (χ3n) is 7.57. The number of aryl methyl sites for hydroxylation is 2. The standard InChI is InChI=1S/C35H57N5O3/c1-10-11-16-28-38-30-26-18-17-25(20-27(26)37-32(36)31(30)39-28)15-13-12-14-19-40(9)22-35(7,8)24-42-23-34(5,6)21-29(41)43-33(2,3)4/h17-18,20H,10-16,19,21-24H2,1-9H3,(H2,36,37)(H,38,39). The van der Waals surface area contributed by atoms with E-state index in [2.05, 4.69) is 74.7 Å². The number of esters is 1. The highest BCUT2D eigenvalue weighted by atomic mass is 16.6. The van der Waals surface area contributed by atoms with E-state index in [1.165, 1.54) is 12.0 Å². The van der Waals surface area contributed by atoms with Gasteiger partial charge >= 0.3 is 5.97 Å². The van der Waals surface area contributed by atoms with Gasteiger partial charge in [-0.05, 0) is 77.1 Å². The molecule has 3 N–H and O–H groups in total. The zero-order valence-corrected chi connectivity index (χ0v) is 28.4. The maximum absolute atomic E-state index is 12.2. The van der Waals surface area contributed by atoms with Crippen molar-refractivity contribution < 1.29 is 14.3 Å². The molecular weight excluding hydrogens is 538 g/mol. The highest BCUT2D eigenvalue weighted by Crippen LogP contribution is 2.28. The van der Waals surface area contributed by atoms with Gasteiger partial charge in [-0.15, -0.1) is 0 Å². The van der Waals surface area contributed by atoms with Crippen molar-refractivity contribution in [2.45, 2.75) is 112 Å². The van der Waals surface area contributed by atoms with Gasteiger partial charge in [0.15, 0.2) is 5.82 Å². The van der Waals surface area contributed by atoms with E-state index in [1.54, 1.807) is 0 Å². The lowest BCUT2D eigenvalue weighted by atomic mass is 9.90. The number of pyridine rings is 1. The number of carbonyl (C=O) groups is 1. The predicted octanol–water partition coefficient (Wildman–Crippen LogP) is 7.48. The van der Waals surface area contributed by atoms with Crippen LogP contribution in [-0.4, -0.2) is 64.8 Å². The molecule has 0 saturated carbocycles. The van der Waals surface area contributed by atoms with Crippen molar-refractivity contribution in [3.63, 3.8) is 0 Å². The zero-order chi connectivity index (χ0) is 31.8. The maximum atomic E-state index is 12.2. The van der Waals surface area contributed by atoms with Crippen LogP contribution in [0.25, 0.3) is 21.9 Å². The van der Waals surface area contributed by atoms with Gasteiger partial charge in [-0.25, -0.2) is 9.97 Å². The number of aromatic amines is 1. The van der Waals surface area contributed by atoms with E-state index in [0.717, 1.165) is 79.4 Å². The monoisotopic (exact) mass is 595 g/mol. The molecule has 2 heterocycles. The normalized spacial score (nSPS) is 13.0. The van der Waals surface area contributed by atoms with Crippen LogP contribution in [0, 0.1) is 10.8 Å². The third-order valence-corrected chi connectivity index (χ3v) is 7.57. The molecule has 0 amide bonds. The minimum absolute atomic E-state index is 0.0214. The van der Waals surface area contributed by atoms with Crippen LogP contribution in [0.4, 0.5) is 5.82 Å². The van der Waals surface area contributed by atoms with E-state index in [0.29, 0.717) is 25.5 Å². The van der Waals surface area contributed by atoms with Crippen LogP contribution >= 0.6 is 0 Å². The molecule has 3 aromatic rings. The predicted molar refractivity (Wildman–Crippen MR) is 178 cm³/mol. The fraction of sp³-hybridized carbons (Fsp3) is 0.686. The Morgan fingerprint density at radius 1 is 0.953 bits per heavy atom. The van der Waals surface area contributed by atoms with Crippen LogP contribution in [0.15, 0.2) is 18.2 Å². The van der Waals surface area contributed by atoms with Gasteiger partial charge in [-0.3, -0.25) is 4.79 Å². The summed E-state index contributed by atoms with van der Waals surface area (Å²) in [7, 11) is 2.19. The summed E-state index contributed by atoms with van der Waals surface area (Å²) in [5.41, 5.74) is 9.60. The number of imidazole rings is 1. The topological polar surface area (TPSA) is 106 Å².